The summed E-state index contributed by atoms with van der Waals surface area (Å²) in [5.41, 5.74) is -0.414. The first-order valence-electron chi connectivity index (χ1n) is 6.14. The molecule has 1 saturated heterocycles. The Bertz CT molecular complexity index is 328. The minimum Gasteiger partial charge on any atom is -0.480 e. The average molecular weight is 258 g/mol. The highest BCUT2D eigenvalue weighted by molar-refractivity contribution is 5.83. The van der Waals surface area contributed by atoms with Gasteiger partial charge in [-0.2, -0.15) is 0 Å². The summed E-state index contributed by atoms with van der Waals surface area (Å²) in [7, 11) is 0. The van der Waals surface area contributed by atoms with Crippen molar-refractivity contribution in [2.45, 2.75) is 39.3 Å². The Morgan fingerprint density at radius 3 is 2.44 bits per heavy atom. The zero-order valence-electron chi connectivity index (χ0n) is 11.4. The first-order valence-corrected chi connectivity index (χ1v) is 6.14. The number of rotatable bonds is 3. The van der Waals surface area contributed by atoms with Gasteiger partial charge in [0.05, 0.1) is 18.8 Å². The Kier molecular flexibility index (Phi) is 4.56. The van der Waals surface area contributed by atoms with Gasteiger partial charge in [-0.05, 0) is 19.8 Å². The number of carbonyl (C=O) groups is 2. The number of hydrogen-bond acceptors (Lipinski definition) is 3. The number of amides is 2. The highest BCUT2D eigenvalue weighted by Gasteiger charge is 2.36. The van der Waals surface area contributed by atoms with E-state index in [4.69, 9.17) is 9.84 Å². The molecule has 1 atom stereocenters. The Balaban J connectivity index is 2.71. The van der Waals surface area contributed by atoms with E-state index in [2.05, 4.69) is 5.32 Å². The van der Waals surface area contributed by atoms with Gasteiger partial charge in [-0.1, -0.05) is 13.8 Å². The predicted octanol–water partition coefficient (Wildman–Crippen LogP) is 0.916. The minimum absolute atomic E-state index is 0.157. The van der Waals surface area contributed by atoms with Crippen molar-refractivity contribution in [1.29, 1.82) is 0 Å². The summed E-state index contributed by atoms with van der Waals surface area (Å²) in [6, 6.07) is -1.21. The number of ether oxygens (including phenoxy) is 1. The van der Waals surface area contributed by atoms with E-state index in [1.807, 2.05) is 13.8 Å². The molecule has 6 heteroatoms. The quantitative estimate of drug-likeness (QED) is 0.789. The molecule has 0 aromatic rings. The van der Waals surface area contributed by atoms with E-state index >= 15 is 0 Å². The molecule has 0 aliphatic carbocycles. The van der Waals surface area contributed by atoms with E-state index in [1.54, 1.807) is 18.7 Å². The first-order chi connectivity index (χ1) is 8.25. The Morgan fingerprint density at radius 1 is 1.39 bits per heavy atom. The Morgan fingerprint density at radius 2 is 2.00 bits per heavy atom. The van der Waals surface area contributed by atoms with Crippen LogP contribution in [0.2, 0.25) is 0 Å². The summed E-state index contributed by atoms with van der Waals surface area (Å²) in [5, 5.41) is 11.6. The number of carboxylic acids is 1. The zero-order chi connectivity index (χ0) is 13.9. The Labute approximate surface area is 107 Å². The summed E-state index contributed by atoms with van der Waals surface area (Å²) < 4.78 is 5.33. The third-order valence-electron chi connectivity index (χ3n) is 3.10. The van der Waals surface area contributed by atoms with E-state index in [0.29, 0.717) is 19.8 Å². The fourth-order valence-electron chi connectivity index (χ4n) is 1.96. The summed E-state index contributed by atoms with van der Waals surface area (Å²) in [6.07, 6.45) is 0. The molecule has 2 N–H and O–H groups in total. The average Bonchev–Trinajstić information content (AvgIpc) is 2.23. The molecular weight excluding hydrogens is 236 g/mol. The lowest BCUT2D eigenvalue weighted by atomic mass is 10.0. The number of morpholine rings is 1. The number of nitrogens with zero attached hydrogens (tertiary/aromatic N) is 1. The van der Waals surface area contributed by atoms with Crippen LogP contribution in [0.4, 0.5) is 4.79 Å². The largest absolute Gasteiger partial charge is 0.480 e. The summed E-state index contributed by atoms with van der Waals surface area (Å²) in [5.74, 6) is -1.17. The zero-order valence-corrected chi connectivity index (χ0v) is 11.4. The number of carbonyl (C=O) groups excluding carboxylic acids is 1. The van der Waals surface area contributed by atoms with E-state index < -0.39 is 17.6 Å². The van der Waals surface area contributed by atoms with Gasteiger partial charge in [-0.25, -0.2) is 9.59 Å². The fraction of sp³-hybridized carbons (Fsp3) is 0.833. The molecule has 0 saturated carbocycles. The molecule has 1 heterocycles. The van der Waals surface area contributed by atoms with Crippen molar-refractivity contribution >= 4 is 12.0 Å². The van der Waals surface area contributed by atoms with Crippen LogP contribution in [0.25, 0.3) is 0 Å². The van der Waals surface area contributed by atoms with Gasteiger partial charge in [-0.15, -0.1) is 0 Å². The summed E-state index contributed by atoms with van der Waals surface area (Å²) >= 11 is 0. The second-order valence-corrected chi connectivity index (χ2v) is 5.53. The molecule has 0 aromatic heterocycles. The predicted molar refractivity (Wildman–Crippen MR) is 66.4 cm³/mol. The van der Waals surface area contributed by atoms with Crippen LogP contribution < -0.4 is 5.32 Å². The highest BCUT2D eigenvalue weighted by atomic mass is 16.5. The third-order valence-corrected chi connectivity index (χ3v) is 3.10. The topological polar surface area (TPSA) is 78.9 Å². The SMILES string of the molecule is CC(C)[C@@H](NC(=O)N1CCOCC1(C)C)C(=O)O. The van der Waals surface area contributed by atoms with Crippen LogP contribution in [0.3, 0.4) is 0 Å². The molecule has 18 heavy (non-hydrogen) atoms. The smallest absolute Gasteiger partial charge is 0.326 e. The van der Waals surface area contributed by atoms with E-state index in [9.17, 15) is 9.59 Å². The molecular formula is C12H22N2O4. The van der Waals surface area contributed by atoms with E-state index in [0.717, 1.165) is 0 Å². The van der Waals surface area contributed by atoms with Crippen LogP contribution in [-0.4, -0.2) is 53.3 Å². The third kappa shape index (κ3) is 3.35. The lowest BCUT2D eigenvalue weighted by molar-refractivity contribution is -0.140. The van der Waals surface area contributed by atoms with Gasteiger partial charge in [0, 0.05) is 6.54 Å². The summed E-state index contributed by atoms with van der Waals surface area (Å²) in [4.78, 5) is 24.8. The van der Waals surface area contributed by atoms with Crippen LogP contribution in [0.15, 0.2) is 0 Å². The highest BCUT2D eigenvalue weighted by Crippen LogP contribution is 2.19. The van der Waals surface area contributed by atoms with E-state index in [-0.39, 0.29) is 11.9 Å². The van der Waals surface area contributed by atoms with Gasteiger partial charge < -0.3 is 20.1 Å². The van der Waals surface area contributed by atoms with Crippen LogP contribution >= 0.6 is 0 Å². The molecule has 0 bridgehead atoms. The van der Waals surface area contributed by atoms with Crippen molar-refractivity contribution in [1.82, 2.24) is 10.2 Å². The monoisotopic (exact) mass is 258 g/mol. The molecule has 0 spiro atoms. The summed E-state index contributed by atoms with van der Waals surface area (Å²) in [6.45, 7) is 8.75. The molecule has 104 valence electrons. The minimum atomic E-state index is -1.01. The van der Waals surface area contributed by atoms with Gasteiger partial charge in [-0.3, -0.25) is 0 Å². The van der Waals surface area contributed by atoms with Gasteiger partial charge >= 0.3 is 12.0 Å². The maximum absolute atomic E-state index is 12.1. The van der Waals surface area contributed by atoms with Crippen molar-refractivity contribution < 1.29 is 19.4 Å². The van der Waals surface area contributed by atoms with Crippen molar-refractivity contribution in [3.8, 4) is 0 Å². The number of hydrogen-bond donors (Lipinski definition) is 2. The van der Waals surface area contributed by atoms with Crippen molar-refractivity contribution in [3.63, 3.8) is 0 Å². The van der Waals surface area contributed by atoms with Crippen molar-refractivity contribution in [3.05, 3.63) is 0 Å². The molecule has 0 unspecified atom stereocenters. The van der Waals surface area contributed by atoms with Crippen molar-refractivity contribution in [2.75, 3.05) is 19.8 Å². The van der Waals surface area contributed by atoms with Gasteiger partial charge in [0.25, 0.3) is 0 Å². The molecule has 6 nitrogen and oxygen atoms in total. The lowest BCUT2D eigenvalue weighted by Gasteiger charge is -2.42. The number of urea groups is 1. The lowest BCUT2D eigenvalue weighted by Crippen LogP contribution is -2.60. The standard InChI is InChI=1S/C12H22N2O4/c1-8(2)9(10(15)16)13-11(17)14-5-6-18-7-12(14,3)4/h8-9H,5-7H2,1-4H3,(H,13,17)(H,15,16)/t9-/m1/s1. The molecule has 1 rings (SSSR count). The normalized spacial score (nSPS) is 20.6. The number of carboxylic acid groups (broad SMARTS) is 1. The van der Waals surface area contributed by atoms with Gasteiger partial charge in [0.1, 0.15) is 6.04 Å². The maximum Gasteiger partial charge on any atom is 0.326 e. The molecule has 2 amide bonds. The Hall–Kier alpha value is -1.30. The molecule has 0 aromatic carbocycles. The molecule has 1 aliphatic heterocycles. The molecule has 0 radical (unpaired) electrons. The van der Waals surface area contributed by atoms with Crippen LogP contribution in [0.5, 0.6) is 0 Å². The molecule has 1 fully saturated rings. The fourth-order valence-corrected chi connectivity index (χ4v) is 1.96. The van der Waals surface area contributed by atoms with E-state index in [1.165, 1.54) is 0 Å². The first kappa shape index (κ1) is 14.8. The van der Waals surface area contributed by atoms with Crippen molar-refractivity contribution in [2.24, 2.45) is 5.92 Å². The van der Waals surface area contributed by atoms with Crippen LogP contribution in [0.1, 0.15) is 27.7 Å². The number of nitrogens with one attached hydrogen (secondary N) is 1. The number of aliphatic carboxylic acids is 1. The molecule has 1 aliphatic rings. The maximum atomic E-state index is 12.1. The van der Waals surface area contributed by atoms with Gasteiger partial charge in [0.15, 0.2) is 0 Å². The second-order valence-electron chi connectivity index (χ2n) is 5.53. The second kappa shape index (κ2) is 5.56. The van der Waals surface area contributed by atoms with Crippen LogP contribution in [0, 0.1) is 5.92 Å². The van der Waals surface area contributed by atoms with Gasteiger partial charge in [0.2, 0.25) is 0 Å². The van der Waals surface area contributed by atoms with Crippen LogP contribution in [-0.2, 0) is 9.53 Å².